The number of benzene rings is 1. The van der Waals surface area contributed by atoms with Crippen LogP contribution in [-0.4, -0.2) is 6.54 Å². The van der Waals surface area contributed by atoms with Crippen LogP contribution in [0.15, 0.2) is 12.1 Å². The van der Waals surface area contributed by atoms with Gasteiger partial charge in [0.05, 0.1) is 15.1 Å². The number of hydrogen-bond acceptors (Lipinski definition) is 1. The van der Waals surface area contributed by atoms with E-state index in [0.717, 1.165) is 23.9 Å². The van der Waals surface area contributed by atoms with E-state index in [1.54, 1.807) is 6.07 Å². The van der Waals surface area contributed by atoms with Crippen molar-refractivity contribution in [1.29, 1.82) is 0 Å². The third kappa shape index (κ3) is 3.08. The number of halogens is 3. The zero-order valence-electron chi connectivity index (χ0n) is 9.93. The van der Waals surface area contributed by atoms with E-state index in [4.69, 9.17) is 34.8 Å². The third-order valence-electron chi connectivity index (χ3n) is 3.49. The molecule has 1 fully saturated rings. The summed E-state index contributed by atoms with van der Waals surface area (Å²) in [4.78, 5) is 0. The van der Waals surface area contributed by atoms with Crippen LogP contribution in [0.25, 0.3) is 0 Å². The molecule has 0 aromatic heterocycles. The molecule has 3 unspecified atom stereocenters. The molecule has 1 nitrogen and oxygen atoms in total. The van der Waals surface area contributed by atoms with Gasteiger partial charge in [0.15, 0.2) is 0 Å². The highest BCUT2D eigenvalue weighted by Crippen LogP contribution is 2.38. The Kier molecular flexibility index (Phi) is 4.25. The van der Waals surface area contributed by atoms with Gasteiger partial charge in [-0.15, -0.1) is 0 Å². The molecule has 0 aliphatic heterocycles. The highest BCUT2D eigenvalue weighted by molar-refractivity contribution is 6.48. The second kappa shape index (κ2) is 5.36. The fraction of sp³-hybridized carbons (Fsp3) is 0.538. The molecule has 1 saturated carbocycles. The fourth-order valence-electron chi connectivity index (χ4n) is 2.00. The maximum Gasteiger partial charge on any atom is 0.0781 e. The molecule has 94 valence electrons. The van der Waals surface area contributed by atoms with Crippen molar-refractivity contribution in [3.8, 4) is 0 Å². The standard InChI is InChI=1S/C13H16Cl3N/c1-7-5-9(7)6-17-8(2)10-3-4-11(14)13(16)12(10)15/h3-4,7-9,17H,5-6H2,1-2H3. The molecule has 0 heterocycles. The first kappa shape index (κ1) is 13.5. The maximum absolute atomic E-state index is 6.20. The molecular formula is C13H16Cl3N. The molecule has 1 N–H and O–H groups in total. The summed E-state index contributed by atoms with van der Waals surface area (Å²) in [5.74, 6) is 1.68. The van der Waals surface area contributed by atoms with Crippen LogP contribution in [-0.2, 0) is 0 Å². The monoisotopic (exact) mass is 291 g/mol. The Morgan fingerprint density at radius 1 is 1.29 bits per heavy atom. The fourth-order valence-corrected chi connectivity index (χ4v) is 2.70. The quantitative estimate of drug-likeness (QED) is 0.774. The Bertz CT molecular complexity index is 419. The second-order valence-electron chi connectivity index (χ2n) is 4.87. The molecule has 0 radical (unpaired) electrons. The van der Waals surface area contributed by atoms with Gasteiger partial charge in [-0.2, -0.15) is 0 Å². The molecule has 1 aromatic carbocycles. The summed E-state index contributed by atoms with van der Waals surface area (Å²) in [5, 5.41) is 5.00. The zero-order chi connectivity index (χ0) is 12.6. The SMILES string of the molecule is CC(NCC1CC1C)c1ccc(Cl)c(Cl)c1Cl. The van der Waals surface area contributed by atoms with E-state index in [1.165, 1.54) is 6.42 Å². The van der Waals surface area contributed by atoms with E-state index in [1.807, 2.05) is 6.07 Å². The van der Waals surface area contributed by atoms with Crippen LogP contribution in [0.4, 0.5) is 0 Å². The molecule has 3 atom stereocenters. The highest BCUT2D eigenvalue weighted by Gasteiger charge is 2.32. The molecule has 0 amide bonds. The maximum atomic E-state index is 6.20. The minimum absolute atomic E-state index is 0.199. The first-order valence-electron chi connectivity index (χ1n) is 5.87. The van der Waals surface area contributed by atoms with Gasteiger partial charge in [0, 0.05) is 6.04 Å². The van der Waals surface area contributed by atoms with Gasteiger partial charge in [-0.3, -0.25) is 0 Å². The predicted molar refractivity (Wildman–Crippen MR) is 75.2 cm³/mol. The van der Waals surface area contributed by atoms with Crippen molar-refractivity contribution in [2.45, 2.75) is 26.3 Å². The van der Waals surface area contributed by atoms with Crippen molar-refractivity contribution in [3.05, 3.63) is 32.8 Å². The van der Waals surface area contributed by atoms with Crippen molar-refractivity contribution in [2.75, 3.05) is 6.54 Å². The number of rotatable bonds is 4. The summed E-state index contributed by atoms with van der Waals surface area (Å²) in [6.45, 7) is 5.42. The molecule has 17 heavy (non-hydrogen) atoms. The van der Waals surface area contributed by atoms with Gasteiger partial charge < -0.3 is 5.32 Å². The first-order valence-corrected chi connectivity index (χ1v) is 7.01. The molecule has 1 aliphatic rings. The first-order chi connectivity index (χ1) is 8.00. The normalized spacial score (nSPS) is 24.8. The van der Waals surface area contributed by atoms with Gasteiger partial charge >= 0.3 is 0 Å². The van der Waals surface area contributed by atoms with Crippen molar-refractivity contribution in [3.63, 3.8) is 0 Å². The van der Waals surface area contributed by atoms with Crippen LogP contribution in [0, 0.1) is 11.8 Å². The second-order valence-corrected chi connectivity index (χ2v) is 6.03. The molecule has 1 aromatic rings. The summed E-state index contributed by atoms with van der Waals surface area (Å²) < 4.78 is 0. The van der Waals surface area contributed by atoms with Crippen LogP contribution < -0.4 is 5.32 Å². The van der Waals surface area contributed by atoms with Gasteiger partial charge in [-0.05, 0) is 43.4 Å². The summed E-state index contributed by atoms with van der Waals surface area (Å²) in [5.41, 5.74) is 1.01. The van der Waals surface area contributed by atoms with Crippen molar-refractivity contribution >= 4 is 34.8 Å². The summed E-state index contributed by atoms with van der Waals surface area (Å²) in [6, 6.07) is 3.93. The molecule has 0 bridgehead atoms. The molecule has 2 rings (SSSR count). The van der Waals surface area contributed by atoms with Crippen LogP contribution >= 0.6 is 34.8 Å². The van der Waals surface area contributed by atoms with Gasteiger partial charge in [0.25, 0.3) is 0 Å². The lowest BCUT2D eigenvalue weighted by molar-refractivity contribution is 0.535. The smallest absolute Gasteiger partial charge is 0.0781 e. The lowest BCUT2D eigenvalue weighted by Gasteiger charge is -2.16. The lowest BCUT2D eigenvalue weighted by atomic mass is 10.1. The van der Waals surface area contributed by atoms with Gasteiger partial charge in [-0.1, -0.05) is 47.8 Å². The number of nitrogens with one attached hydrogen (secondary N) is 1. The minimum Gasteiger partial charge on any atom is -0.310 e. The van der Waals surface area contributed by atoms with E-state index >= 15 is 0 Å². The molecule has 1 aliphatic carbocycles. The van der Waals surface area contributed by atoms with Gasteiger partial charge in [0.1, 0.15) is 0 Å². The Labute approximate surface area is 117 Å². The largest absolute Gasteiger partial charge is 0.310 e. The Morgan fingerprint density at radius 2 is 1.94 bits per heavy atom. The molecule has 0 spiro atoms. The Hall–Kier alpha value is 0.0500. The molecule has 4 heteroatoms. The third-order valence-corrected chi connectivity index (χ3v) is 4.80. The van der Waals surface area contributed by atoms with Gasteiger partial charge in [0.2, 0.25) is 0 Å². The van der Waals surface area contributed by atoms with Crippen LogP contribution in [0.5, 0.6) is 0 Å². The number of hydrogen-bond donors (Lipinski definition) is 1. The van der Waals surface area contributed by atoms with Gasteiger partial charge in [-0.25, -0.2) is 0 Å². The van der Waals surface area contributed by atoms with E-state index in [9.17, 15) is 0 Å². The molecular weight excluding hydrogens is 277 g/mol. The van der Waals surface area contributed by atoms with E-state index < -0.39 is 0 Å². The van der Waals surface area contributed by atoms with E-state index in [-0.39, 0.29) is 6.04 Å². The van der Waals surface area contributed by atoms with E-state index in [0.29, 0.717) is 15.1 Å². The van der Waals surface area contributed by atoms with Crippen LogP contribution in [0.3, 0.4) is 0 Å². The summed E-state index contributed by atoms with van der Waals surface area (Å²) in [7, 11) is 0. The zero-order valence-corrected chi connectivity index (χ0v) is 12.2. The minimum atomic E-state index is 0.199. The van der Waals surface area contributed by atoms with Crippen molar-refractivity contribution in [2.24, 2.45) is 11.8 Å². The topological polar surface area (TPSA) is 12.0 Å². The highest BCUT2D eigenvalue weighted by atomic mass is 35.5. The van der Waals surface area contributed by atoms with E-state index in [2.05, 4.69) is 19.2 Å². The van der Waals surface area contributed by atoms with Crippen molar-refractivity contribution in [1.82, 2.24) is 5.32 Å². The lowest BCUT2D eigenvalue weighted by Crippen LogP contribution is -2.21. The summed E-state index contributed by atoms with van der Waals surface area (Å²) >= 11 is 18.1. The van der Waals surface area contributed by atoms with Crippen LogP contribution in [0.2, 0.25) is 15.1 Å². The average Bonchev–Trinajstić information content (AvgIpc) is 2.99. The van der Waals surface area contributed by atoms with Crippen LogP contribution in [0.1, 0.15) is 31.9 Å². The predicted octanol–water partition coefficient (Wildman–Crippen LogP) is 4.95. The van der Waals surface area contributed by atoms with Crippen molar-refractivity contribution < 1.29 is 0 Å². The average molecular weight is 293 g/mol. The Morgan fingerprint density at radius 3 is 2.53 bits per heavy atom. The molecule has 0 saturated heterocycles. The summed E-state index contributed by atoms with van der Waals surface area (Å²) in [6.07, 6.45) is 1.33. The Balaban J connectivity index is 2.03.